The average Bonchev–Trinajstić information content (AvgIpc) is 2.57. The van der Waals surface area contributed by atoms with Gasteiger partial charge in [-0.2, -0.15) is 0 Å². The molecular weight excluding hydrogens is 259 g/mol. The minimum absolute atomic E-state index is 0.0779. The maximum atomic E-state index is 11.3. The molecule has 20 heavy (non-hydrogen) atoms. The molecule has 0 unspecified atom stereocenters. The van der Waals surface area contributed by atoms with E-state index in [1.54, 1.807) is 0 Å². The number of carboxylic acids is 1. The van der Waals surface area contributed by atoms with Crippen molar-refractivity contribution in [2.24, 2.45) is 0 Å². The predicted molar refractivity (Wildman–Crippen MR) is 74.5 cm³/mol. The van der Waals surface area contributed by atoms with Gasteiger partial charge in [-0.25, -0.2) is 4.79 Å². The fraction of sp³-hybridized carbons (Fsp3) is 0.429. The van der Waals surface area contributed by atoms with Crippen molar-refractivity contribution >= 4 is 24.8 Å². The number of aldehydes is 1. The van der Waals surface area contributed by atoms with Crippen molar-refractivity contribution in [3.63, 3.8) is 0 Å². The number of carboxylic acid groups (broad SMARTS) is 1. The average molecular weight is 276 g/mol. The molecule has 1 aromatic carbocycles. The Morgan fingerprint density at radius 2 is 1.75 bits per heavy atom. The van der Waals surface area contributed by atoms with E-state index in [4.69, 9.17) is 9.31 Å². The molecule has 1 aliphatic heterocycles. The fourth-order valence-corrected chi connectivity index (χ4v) is 2.01. The molecule has 0 aliphatic carbocycles. The van der Waals surface area contributed by atoms with E-state index in [9.17, 15) is 14.7 Å². The van der Waals surface area contributed by atoms with Gasteiger partial charge < -0.3 is 14.4 Å². The Bertz CT molecular complexity index is 549. The fourth-order valence-electron chi connectivity index (χ4n) is 2.01. The summed E-state index contributed by atoms with van der Waals surface area (Å²) in [6.07, 6.45) is 0.667. The summed E-state index contributed by atoms with van der Waals surface area (Å²) >= 11 is 0. The first kappa shape index (κ1) is 14.7. The van der Waals surface area contributed by atoms with Crippen LogP contribution in [0.3, 0.4) is 0 Å². The van der Waals surface area contributed by atoms with Crippen molar-refractivity contribution in [2.75, 3.05) is 0 Å². The van der Waals surface area contributed by atoms with Crippen molar-refractivity contribution in [2.45, 2.75) is 38.9 Å². The van der Waals surface area contributed by atoms with Gasteiger partial charge in [0.25, 0.3) is 0 Å². The van der Waals surface area contributed by atoms with Crippen LogP contribution >= 0.6 is 0 Å². The molecule has 0 amide bonds. The summed E-state index contributed by atoms with van der Waals surface area (Å²) in [4.78, 5) is 22.2. The van der Waals surface area contributed by atoms with Crippen LogP contribution in [0.15, 0.2) is 18.2 Å². The van der Waals surface area contributed by atoms with Gasteiger partial charge in [-0.1, -0.05) is 12.1 Å². The quantitative estimate of drug-likeness (QED) is 0.669. The predicted octanol–water partition coefficient (Wildman–Crippen LogP) is 1.50. The molecule has 0 spiro atoms. The van der Waals surface area contributed by atoms with Crippen molar-refractivity contribution in [3.8, 4) is 0 Å². The van der Waals surface area contributed by atoms with E-state index in [-0.39, 0.29) is 5.56 Å². The van der Waals surface area contributed by atoms with Gasteiger partial charge >= 0.3 is 13.1 Å². The van der Waals surface area contributed by atoms with Crippen LogP contribution in [-0.2, 0) is 9.31 Å². The third-order valence-electron chi connectivity index (χ3n) is 3.95. The monoisotopic (exact) mass is 276 g/mol. The second kappa shape index (κ2) is 4.72. The minimum atomic E-state index is -1.08. The van der Waals surface area contributed by atoms with Crippen LogP contribution in [0.2, 0.25) is 0 Å². The smallest absolute Gasteiger partial charge is 0.478 e. The first-order valence-electron chi connectivity index (χ1n) is 6.36. The molecule has 0 radical (unpaired) electrons. The zero-order chi connectivity index (χ0) is 15.1. The molecule has 106 valence electrons. The van der Waals surface area contributed by atoms with Gasteiger partial charge in [0.2, 0.25) is 0 Å². The van der Waals surface area contributed by atoms with Crippen molar-refractivity contribution in [3.05, 3.63) is 29.3 Å². The number of carbonyl (C=O) groups excluding carboxylic acids is 1. The first-order chi connectivity index (χ1) is 9.18. The molecule has 5 nitrogen and oxygen atoms in total. The molecule has 0 saturated carbocycles. The molecule has 1 heterocycles. The maximum Gasteiger partial charge on any atom is 0.495 e. The molecule has 1 fully saturated rings. The van der Waals surface area contributed by atoms with Crippen LogP contribution in [0.4, 0.5) is 0 Å². The Balaban J connectivity index is 2.48. The Morgan fingerprint density at radius 3 is 2.20 bits per heavy atom. The number of aromatic carboxylic acids is 1. The molecule has 0 atom stereocenters. The van der Waals surface area contributed by atoms with E-state index in [0.29, 0.717) is 17.3 Å². The van der Waals surface area contributed by atoms with Crippen LogP contribution in [0, 0.1) is 0 Å². The van der Waals surface area contributed by atoms with E-state index < -0.39 is 24.3 Å². The van der Waals surface area contributed by atoms with Crippen molar-refractivity contribution in [1.82, 2.24) is 0 Å². The lowest BCUT2D eigenvalue weighted by Gasteiger charge is -2.32. The van der Waals surface area contributed by atoms with Crippen molar-refractivity contribution < 1.29 is 24.0 Å². The lowest BCUT2D eigenvalue weighted by Crippen LogP contribution is -2.41. The van der Waals surface area contributed by atoms with Crippen LogP contribution in [0.5, 0.6) is 0 Å². The van der Waals surface area contributed by atoms with E-state index in [0.717, 1.165) is 0 Å². The summed E-state index contributed by atoms with van der Waals surface area (Å²) < 4.78 is 11.7. The maximum absolute atomic E-state index is 11.3. The highest BCUT2D eigenvalue weighted by molar-refractivity contribution is 6.63. The number of benzene rings is 1. The van der Waals surface area contributed by atoms with Gasteiger partial charge in [0.05, 0.1) is 16.8 Å². The van der Waals surface area contributed by atoms with Crippen LogP contribution in [0.1, 0.15) is 48.4 Å². The number of hydrogen-bond donors (Lipinski definition) is 1. The third kappa shape index (κ3) is 2.36. The second-order valence-electron chi connectivity index (χ2n) is 5.86. The topological polar surface area (TPSA) is 72.8 Å². The molecule has 1 N–H and O–H groups in total. The highest BCUT2D eigenvalue weighted by Gasteiger charge is 2.52. The van der Waals surface area contributed by atoms with Gasteiger partial charge in [-0.3, -0.25) is 4.79 Å². The molecule has 1 aromatic rings. The largest absolute Gasteiger partial charge is 0.495 e. The van der Waals surface area contributed by atoms with Crippen molar-refractivity contribution in [1.29, 1.82) is 0 Å². The van der Waals surface area contributed by atoms with E-state index in [1.807, 2.05) is 27.7 Å². The summed E-state index contributed by atoms with van der Waals surface area (Å²) in [7, 11) is -0.800. The number of hydrogen-bond acceptors (Lipinski definition) is 4. The SMILES string of the molecule is CC1(C)OB(c2cc(C=O)ccc2C(=O)O)OC1(C)C. The Morgan fingerprint density at radius 1 is 1.20 bits per heavy atom. The summed E-state index contributed by atoms with van der Waals surface area (Å²) in [5, 5.41) is 9.25. The lowest BCUT2D eigenvalue weighted by atomic mass is 9.75. The van der Waals surface area contributed by atoms with Gasteiger partial charge in [-0.15, -0.1) is 0 Å². The van der Waals surface area contributed by atoms with Crippen LogP contribution in [-0.4, -0.2) is 35.7 Å². The molecule has 1 saturated heterocycles. The summed E-state index contributed by atoms with van der Waals surface area (Å²) in [5.74, 6) is -1.08. The zero-order valence-electron chi connectivity index (χ0n) is 12.0. The molecule has 1 aliphatic rings. The highest BCUT2D eigenvalue weighted by Crippen LogP contribution is 2.36. The molecule has 6 heteroatoms. The van der Waals surface area contributed by atoms with Gasteiger partial charge in [0, 0.05) is 5.56 Å². The Kier molecular flexibility index (Phi) is 3.48. The summed E-state index contributed by atoms with van der Waals surface area (Å²) in [5.41, 5.74) is -0.301. The number of rotatable bonds is 3. The van der Waals surface area contributed by atoms with Crippen LogP contribution < -0.4 is 5.46 Å². The standard InChI is InChI=1S/C14H17BO5/c1-13(2)14(3,4)20-15(19-13)11-7-9(8-16)5-6-10(11)12(17)18/h5-8H,1-4H3,(H,17,18). The lowest BCUT2D eigenvalue weighted by molar-refractivity contribution is 0.00578. The summed E-state index contributed by atoms with van der Waals surface area (Å²) in [6.45, 7) is 7.54. The normalized spacial score (nSPS) is 19.9. The molecule has 0 aromatic heterocycles. The molecule has 0 bridgehead atoms. The molecular formula is C14H17BO5. The van der Waals surface area contributed by atoms with E-state index >= 15 is 0 Å². The summed E-state index contributed by atoms with van der Waals surface area (Å²) in [6, 6.07) is 4.36. The molecule has 2 rings (SSSR count). The Labute approximate surface area is 118 Å². The first-order valence-corrected chi connectivity index (χ1v) is 6.36. The van der Waals surface area contributed by atoms with E-state index in [2.05, 4.69) is 0 Å². The minimum Gasteiger partial charge on any atom is -0.478 e. The zero-order valence-corrected chi connectivity index (χ0v) is 12.0. The Hall–Kier alpha value is -1.66. The van der Waals surface area contributed by atoms with E-state index in [1.165, 1.54) is 18.2 Å². The highest BCUT2D eigenvalue weighted by atomic mass is 16.7. The van der Waals surface area contributed by atoms with Gasteiger partial charge in [0.15, 0.2) is 0 Å². The number of carbonyl (C=O) groups is 2. The van der Waals surface area contributed by atoms with Crippen LogP contribution in [0.25, 0.3) is 0 Å². The third-order valence-corrected chi connectivity index (χ3v) is 3.95. The van der Waals surface area contributed by atoms with Gasteiger partial charge in [-0.05, 0) is 39.2 Å². The van der Waals surface area contributed by atoms with Gasteiger partial charge in [0.1, 0.15) is 6.29 Å². The second-order valence-corrected chi connectivity index (χ2v) is 5.86.